The summed E-state index contributed by atoms with van der Waals surface area (Å²) in [6, 6.07) is 9.52. The number of urea groups is 1. The van der Waals surface area contributed by atoms with E-state index < -0.39 is 9.84 Å². The van der Waals surface area contributed by atoms with Gasteiger partial charge in [-0.2, -0.15) is 0 Å². The average molecular weight is 367 g/mol. The van der Waals surface area contributed by atoms with Gasteiger partial charge in [-0.1, -0.05) is 37.3 Å². The summed E-state index contributed by atoms with van der Waals surface area (Å²) in [5.41, 5.74) is 1.92. The molecule has 0 saturated carbocycles. The van der Waals surface area contributed by atoms with Gasteiger partial charge in [-0.05, 0) is 0 Å². The smallest absolute Gasteiger partial charge is 0.317 e. The third-order valence-electron chi connectivity index (χ3n) is 3.54. The number of aromatic nitrogens is 1. The second kappa shape index (κ2) is 8.25. The summed E-state index contributed by atoms with van der Waals surface area (Å²) in [4.78, 5) is 17.9. The lowest BCUT2D eigenvalue weighted by molar-refractivity contribution is 0.211. The molecule has 8 heteroatoms. The van der Waals surface area contributed by atoms with Crippen LogP contribution in [0.5, 0.6) is 0 Å². The van der Waals surface area contributed by atoms with Gasteiger partial charge in [-0.3, -0.25) is 0 Å². The van der Waals surface area contributed by atoms with E-state index in [1.807, 2.05) is 35.7 Å². The van der Waals surface area contributed by atoms with Gasteiger partial charge in [0.2, 0.25) is 0 Å². The van der Waals surface area contributed by atoms with Crippen LogP contribution in [0, 0.1) is 0 Å². The quantitative estimate of drug-likeness (QED) is 0.815. The van der Waals surface area contributed by atoms with E-state index in [1.54, 1.807) is 14.0 Å². The Hall–Kier alpha value is -1.93. The third kappa shape index (κ3) is 5.31. The normalized spacial score (nSPS) is 11.2. The lowest BCUT2D eigenvalue weighted by Gasteiger charge is -2.17. The van der Waals surface area contributed by atoms with Gasteiger partial charge in [0.25, 0.3) is 0 Å². The Morgan fingerprint density at radius 3 is 2.67 bits per heavy atom. The highest BCUT2D eigenvalue weighted by molar-refractivity contribution is 7.91. The van der Waals surface area contributed by atoms with Gasteiger partial charge in [0.05, 0.1) is 18.0 Å². The monoisotopic (exact) mass is 367 g/mol. The maximum absolute atomic E-state index is 12.0. The Morgan fingerprint density at radius 1 is 1.29 bits per heavy atom. The minimum absolute atomic E-state index is 0.0250. The molecule has 130 valence electrons. The van der Waals surface area contributed by atoms with Crippen LogP contribution in [-0.2, 0) is 16.4 Å². The van der Waals surface area contributed by atoms with Crippen molar-refractivity contribution in [3.63, 3.8) is 0 Å². The number of carbonyl (C=O) groups is 1. The topological polar surface area (TPSA) is 79.4 Å². The summed E-state index contributed by atoms with van der Waals surface area (Å²) in [7, 11) is -1.49. The van der Waals surface area contributed by atoms with E-state index in [-0.39, 0.29) is 24.1 Å². The largest absolute Gasteiger partial charge is 0.331 e. The molecule has 2 amide bonds. The molecule has 6 nitrogen and oxygen atoms in total. The first-order chi connectivity index (χ1) is 11.4. The van der Waals surface area contributed by atoms with E-state index in [4.69, 9.17) is 0 Å². The number of amides is 2. The molecule has 0 unspecified atom stereocenters. The van der Waals surface area contributed by atoms with Crippen LogP contribution < -0.4 is 5.32 Å². The van der Waals surface area contributed by atoms with Crippen LogP contribution >= 0.6 is 11.3 Å². The fraction of sp³-hybridized carbons (Fsp3) is 0.375. The molecule has 2 aromatic rings. The number of hydrogen-bond acceptors (Lipinski definition) is 5. The first-order valence-electron chi connectivity index (χ1n) is 7.60. The van der Waals surface area contributed by atoms with E-state index >= 15 is 0 Å². The molecular formula is C16H21N3O3S2. The summed E-state index contributed by atoms with van der Waals surface area (Å²) in [5.74, 6) is 0.0622. The van der Waals surface area contributed by atoms with Crippen molar-refractivity contribution in [3.05, 3.63) is 40.7 Å². The number of carbonyl (C=O) groups excluding carboxylic acids is 1. The molecule has 0 bridgehead atoms. The van der Waals surface area contributed by atoms with Crippen molar-refractivity contribution < 1.29 is 13.2 Å². The molecule has 1 heterocycles. The average Bonchev–Trinajstić information content (AvgIpc) is 3.07. The molecule has 2 rings (SSSR count). The highest BCUT2D eigenvalue weighted by Gasteiger charge is 2.14. The first kappa shape index (κ1) is 18.4. The Balaban J connectivity index is 1.85. The van der Waals surface area contributed by atoms with Gasteiger partial charge in [0.1, 0.15) is 5.01 Å². The minimum Gasteiger partial charge on any atom is -0.331 e. The lowest BCUT2D eigenvalue weighted by atomic mass is 10.2. The van der Waals surface area contributed by atoms with Crippen LogP contribution in [0.3, 0.4) is 0 Å². The standard InChI is InChI=1S/C16H21N3O3S2/c1-3-24(21,22)10-9-19(2)16(20)17-11-15-18-14(12-23-15)13-7-5-4-6-8-13/h4-8,12H,3,9-11H2,1-2H3,(H,17,20). The number of thiazole rings is 1. The minimum atomic E-state index is -3.07. The highest BCUT2D eigenvalue weighted by Crippen LogP contribution is 2.21. The number of rotatable bonds is 7. The maximum atomic E-state index is 12.0. The zero-order valence-electron chi connectivity index (χ0n) is 13.7. The number of hydrogen-bond donors (Lipinski definition) is 1. The molecule has 24 heavy (non-hydrogen) atoms. The SMILES string of the molecule is CCS(=O)(=O)CCN(C)C(=O)NCc1nc(-c2ccccc2)cs1. The lowest BCUT2D eigenvalue weighted by Crippen LogP contribution is -2.39. The van der Waals surface area contributed by atoms with Gasteiger partial charge in [-0.15, -0.1) is 11.3 Å². The van der Waals surface area contributed by atoms with Crippen LogP contribution in [0.4, 0.5) is 4.79 Å². The van der Waals surface area contributed by atoms with Crippen LogP contribution in [0.25, 0.3) is 11.3 Å². The fourth-order valence-corrected chi connectivity index (χ4v) is 3.53. The van der Waals surface area contributed by atoms with Crippen molar-refractivity contribution in [1.29, 1.82) is 0 Å². The molecule has 1 N–H and O–H groups in total. The molecule has 1 aromatic carbocycles. The second-order valence-electron chi connectivity index (χ2n) is 5.31. The molecular weight excluding hydrogens is 346 g/mol. The molecule has 0 aliphatic carbocycles. The number of nitrogens with one attached hydrogen (secondary N) is 1. The predicted molar refractivity (Wildman–Crippen MR) is 96.7 cm³/mol. The zero-order chi connectivity index (χ0) is 17.6. The van der Waals surface area contributed by atoms with E-state index in [0.29, 0.717) is 6.54 Å². The second-order valence-corrected chi connectivity index (χ2v) is 8.72. The molecule has 0 saturated heterocycles. The summed E-state index contributed by atoms with van der Waals surface area (Å²) in [6.07, 6.45) is 0. The van der Waals surface area contributed by atoms with E-state index in [2.05, 4.69) is 10.3 Å². The molecule has 0 fully saturated rings. The van der Waals surface area contributed by atoms with Crippen LogP contribution in [-0.4, -0.2) is 49.4 Å². The third-order valence-corrected chi connectivity index (χ3v) is 6.07. The summed E-state index contributed by atoms with van der Waals surface area (Å²) < 4.78 is 23.0. The molecule has 0 spiro atoms. The van der Waals surface area contributed by atoms with Gasteiger partial charge >= 0.3 is 6.03 Å². The Morgan fingerprint density at radius 2 is 2.00 bits per heavy atom. The fourth-order valence-electron chi connectivity index (χ4n) is 1.94. The maximum Gasteiger partial charge on any atom is 0.317 e. The number of sulfone groups is 1. The summed E-state index contributed by atoms with van der Waals surface area (Å²) in [6.45, 7) is 2.10. The van der Waals surface area contributed by atoms with Crippen LogP contribution in [0.2, 0.25) is 0 Å². The number of nitrogens with zero attached hydrogens (tertiary/aromatic N) is 2. The van der Waals surface area contributed by atoms with Crippen molar-refractivity contribution in [1.82, 2.24) is 15.2 Å². The summed E-state index contributed by atoms with van der Waals surface area (Å²) in [5, 5.41) is 5.51. The van der Waals surface area contributed by atoms with Crippen molar-refractivity contribution in [3.8, 4) is 11.3 Å². The first-order valence-corrected chi connectivity index (χ1v) is 10.3. The van der Waals surface area contributed by atoms with Gasteiger partial charge in [0, 0.05) is 30.3 Å². The molecule has 0 aliphatic heterocycles. The highest BCUT2D eigenvalue weighted by atomic mass is 32.2. The van der Waals surface area contributed by atoms with Gasteiger partial charge in [0.15, 0.2) is 9.84 Å². The van der Waals surface area contributed by atoms with Crippen molar-refractivity contribution in [2.75, 3.05) is 25.1 Å². The van der Waals surface area contributed by atoms with E-state index in [9.17, 15) is 13.2 Å². The number of benzene rings is 1. The molecule has 0 radical (unpaired) electrons. The van der Waals surface area contributed by atoms with E-state index in [0.717, 1.165) is 16.3 Å². The van der Waals surface area contributed by atoms with Crippen molar-refractivity contribution in [2.45, 2.75) is 13.5 Å². The predicted octanol–water partition coefficient (Wildman–Crippen LogP) is 2.39. The Kier molecular flexibility index (Phi) is 6.33. The van der Waals surface area contributed by atoms with Crippen LogP contribution in [0.15, 0.2) is 35.7 Å². The van der Waals surface area contributed by atoms with Gasteiger partial charge < -0.3 is 10.2 Å². The Bertz CT molecular complexity index is 773. The Labute approximate surface area is 146 Å². The van der Waals surface area contributed by atoms with Crippen molar-refractivity contribution >= 4 is 27.2 Å². The molecule has 1 aromatic heterocycles. The molecule has 0 atom stereocenters. The molecule has 0 aliphatic rings. The van der Waals surface area contributed by atoms with Crippen molar-refractivity contribution in [2.24, 2.45) is 0 Å². The summed E-state index contributed by atoms with van der Waals surface area (Å²) >= 11 is 1.48. The van der Waals surface area contributed by atoms with E-state index in [1.165, 1.54) is 16.2 Å². The van der Waals surface area contributed by atoms with Crippen LogP contribution in [0.1, 0.15) is 11.9 Å². The zero-order valence-corrected chi connectivity index (χ0v) is 15.4. The van der Waals surface area contributed by atoms with Gasteiger partial charge in [-0.25, -0.2) is 18.2 Å².